The summed E-state index contributed by atoms with van der Waals surface area (Å²) in [6, 6.07) is 7.98. The Kier molecular flexibility index (Phi) is 4.88. The van der Waals surface area contributed by atoms with Crippen LogP contribution in [0.15, 0.2) is 30.5 Å². The predicted molar refractivity (Wildman–Crippen MR) is 96.4 cm³/mol. The zero-order chi connectivity index (χ0) is 17.1. The summed E-state index contributed by atoms with van der Waals surface area (Å²) in [4.78, 5) is 19.2. The maximum absolute atomic E-state index is 12.5. The first-order valence-electron chi connectivity index (χ1n) is 8.63. The van der Waals surface area contributed by atoms with Crippen molar-refractivity contribution in [2.24, 2.45) is 13.0 Å². The molecule has 24 heavy (non-hydrogen) atoms. The first-order chi connectivity index (χ1) is 11.6. The van der Waals surface area contributed by atoms with Crippen LogP contribution in [-0.2, 0) is 7.05 Å². The van der Waals surface area contributed by atoms with E-state index in [4.69, 9.17) is 0 Å². The van der Waals surface area contributed by atoms with Crippen LogP contribution in [0, 0.1) is 19.8 Å². The summed E-state index contributed by atoms with van der Waals surface area (Å²) in [5.74, 6) is 1.53. The standard InChI is InChI=1S/C19H26N4O/c1-14-11-17(15(2)22(14)3)19(24)21-12-16-7-6-10-23(13-16)18-8-4-5-9-20-18/h4-5,8-9,11,16H,6-7,10,12-13H2,1-3H3,(H,21,24). The number of anilines is 1. The molecule has 2 aromatic rings. The molecule has 0 bridgehead atoms. The van der Waals surface area contributed by atoms with E-state index in [0.29, 0.717) is 5.92 Å². The molecule has 0 radical (unpaired) electrons. The Labute approximate surface area is 143 Å². The lowest BCUT2D eigenvalue weighted by atomic mass is 9.98. The Morgan fingerprint density at radius 2 is 2.21 bits per heavy atom. The summed E-state index contributed by atoms with van der Waals surface area (Å²) >= 11 is 0. The van der Waals surface area contributed by atoms with Gasteiger partial charge < -0.3 is 14.8 Å². The number of carbonyl (C=O) groups is 1. The highest BCUT2D eigenvalue weighted by atomic mass is 16.1. The molecule has 1 saturated heterocycles. The normalized spacial score (nSPS) is 17.8. The predicted octanol–water partition coefficient (Wildman–Crippen LogP) is 2.68. The summed E-state index contributed by atoms with van der Waals surface area (Å²) in [7, 11) is 1.99. The molecule has 5 nitrogen and oxygen atoms in total. The summed E-state index contributed by atoms with van der Waals surface area (Å²) in [5, 5.41) is 3.12. The first kappa shape index (κ1) is 16.6. The van der Waals surface area contributed by atoms with Gasteiger partial charge in [-0.15, -0.1) is 0 Å². The SMILES string of the molecule is Cc1cc(C(=O)NCC2CCCN(c3ccccn3)C2)c(C)n1C. The lowest BCUT2D eigenvalue weighted by Gasteiger charge is -2.33. The largest absolute Gasteiger partial charge is 0.356 e. The quantitative estimate of drug-likeness (QED) is 0.940. The Hall–Kier alpha value is -2.30. The van der Waals surface area contributed by atoms with Gasteiger partial charge in [-0.2, -0.15) is 0 Å². The third-order valence-corrected chi connectivity index (χ3v) is 5.06. The van der Waals surface area contributed by atoms with Gasteiger partial charge in [-0.05, 0) is 50.8 Å². The summed E-state index contributed by atoms with van der Waals surface area (Å²) in [6.45, 7) is 6.72. The molecule has 1 aliphatic heterocycles. The van der Waals surface area contributed by atoms with Crippen molar-refractivity contribution in [2.75, 3.05) is 24.5 Å². The van der Waals surface area contributed by atoms with E-state index in [-0.39, 0.29) is 5.91 Å². The molecular weight excluding hydrogens is 300 g/mol. The van der Waals surface area contributed by atoms with Gasteiger partial charge >= 0.3 is 0 Å². The number of pyridine rings is 1. The van der Waals surface area contributed by atoms with E-state index < -0.39 is 0 Å². The van der Waals surface area contributed by atoms with Crippen LogP contribution in [0.4, 0.5) is 5.82 Å². The van der Waals surface area contributed by atoms with Crippen LogP contribution in [0.25, 0.3) is 0 Å². The molecule has 0 aromatic carbocycles. The number of nitrogens with zero attached hydrogens (tertiary/aromatic N) is 3. The number of rotatable bonds is 4. The fourth-order valence-electron chi connectivity index (χ4n) is 3.40. The van der Waals surface area contributed by atoms with Crippen molar-refractivity contribution < 1.29 is 4.79 Å². The maximum atomic E-state index is 12.5. The van der Waals surface area contributed by atoms with Crippen molar-refractivity contribution in [3.8, 4) is 0 Å². The highest BCUT2D eigenvalue weighted by molar-refractivity contribution is 5.95. The zero-order valence-electron chi connectivity index (χ0n) is 14.7. The van der Waals surface area contributed by atoms with Crippen LogP contribution < -0.4 is 10.2 Å². The van der Waals surface area contributed by atoms with E-state index >= 15 is 0 Å². The smallest absolute Gasteiger partial charge is 0.253 e. The Morgan fingerprint density at radius 3 is 2.88 bits per heavy atom. The molecule has 3 heterocycles. The molecule has 0 aliphatic carbocycles. The molecule has 3 rings (SSSR count). The van der Waals surface area contributed by atoms with Gasteiger partial charge in [0.2, 0.25) is 0 Å². The van der Waals surface area contributed by atoms with Gasteiger partial charge in [-0.25, -0.2) is 4.98 Å². The van der Waals surface area contributed by atoms with Crippen molar-refractivity contribution in [1.29, 1.82) is 0 Å². The van der Waals surface area contributed by atoms with E-state index in [1.54, 1.807) is 0 Å². The average molecular weight is 326 g/mol. The fraction of sp³-hybridized carbons (Fsp3) is 0.474. The number of hydrogen-bond donors (Lipinski definition) is 1. The number of aryl methyl sites for hydroxylation is 1. The van der Waals surface area contributed by atoms with Gasteiger partial charge in [0.1, 0.15) is 5.82 Å². The van der Waals surface area contributed by atoms with Gasteiger partial charge in [0.25, 0.3) is 5.91 Å². The fourth-order valence-corrected chi connectivity index (χ4v) is 3.40. The van der Waals surface area contributed by atoms with Crippen molar-refractivity contribution >= 4 is 11.7 Å². The molecule has 0 saturated carbocycles. The Morgan fingerprint density at radius 1 is 1.38 bits per heavy atom. The molecule has 1 unspecified atom stereocenters. The van der Waals surface area contributed by atoms with Crippen molar-refractivity contribution in [2.45, 2.75) is 26.7 Å². The minimum absolute atomic E-state index is 0.0335. The molecule has 128 valence electrons. The van der Waals surface area contributed by atoms with Crippen LogP contribution in [0.1, 0.15) is 34.6 Å². The molecule has 1 aliphatic rings. The number of amides is 1. The lowest BCUT2D eigenvalue weighted by Crippen LogP contribution is -2.41. The molecule has 2 aromatic heterocycles. The van der Waals surface area contributed by atoms with E-state index in [1.807, 2.05) is 45.3 Å². The number of aromatic nitrogens is 2. The molecule has 1 amide bonds. The zero-order valence-corrected chi connectivity index (χ0v) is 14.7. The number of nitrogens with one attached hydrogen (secondary N) is 1. The van der Waals surface area contributed by atoms with Gasteiger partial charge in [-0.1, -0.05) is 6.07 Å². The molecule has 0 spiro atoms. The molecular formula is C19H26N4O. The van der Waals surface area contributed by atoms with Gasteiger partial charge in [0.15, 0.2) is 0 Å². The monoisotopic (exact) mass is 326 g/mol. The summed E-state index contributed by atoms with van der Waals surface area (Å²) in [6.07, 6.45) is 4.12. The minimum atomic E-state index is 0.0335. The maximum Gasteiger partial charge on any atom is 0.253 e. The minimum Gasteiger partial charge on any atom is -0.356 e. The van der Waals surface area contributed by atoms with Crippen molar-refractivity contribution in [3.63, 3.8) is 0 Å². The van der Waals surface area contributed by atoms with Crippen LogP contribution >= 0.6 is 0 Å². The van der Waals surface area contributed by atoms with Crippen LogP contribution in [-0.4, -0.2) is 35.1 Å². The van der Waals surface area contributed by atoms with E-state index in [9.17, 15) is 4.79 Å². The first-order valence-corrected chi connectivity index (χ1v) is 8.63. The second-order valence-corrected chi connectivity index (χ2v) is 6.70. The van der Waals surface area contributed by atoms with Crippen LogP contribution in [0.3, 0.4) is 0 Å². The summed E-state index contributed by atoms with van der Waals surface area (Å²) in [5.41, 5.74) is 2.91. The highest BCUT2D eigenvalue weighted by Crippen LogP contribution is 2.21. The average Bonchev–Trinajstić information content (AvgIpc) is 2.88. The number of hydrogen-bond acceptors (Lipinski definition) is 3. The van der Waals surface area contributed by atoms with Gasteiger partial charge in [0, 0.05) is 44.3 Å². The van der Waals surface area contributed by atoms with Crippen LogP contribution in [0.2, 0.25) is 0 Å². The molecule has 1 atom stereocenters. The second kappa shape index (κ2) is 7.07. The molecule has 5 heteroatoms. The van der Waals surface area contributed by atoms with Crippen molar-refractivity contribution in [3.05, 3.63) is 47.4 Å². The van der Waals surface area contributed by atoms with E-state index in [0.717, 1.165) is 55.2 Å². The third kappa shape index (κ3) is 3.45. The summed E-state index contributed by atoms with van der Waals surface area (Å²) < 4.78 is 2.05. The van der Waals surface area contributed by atoms with E-state index in [2.05, 4.69) is 25.8 Å². The number of carbonyl (C=O) groups excluding carboxylic acids is 1. The Balaban J connectivity index is 1.58. The van der Waals surface area contributed by atoms with Crippen molar-refractivity contribution in [1.82, 2.24) is 14.9 Å². The molecule has 1 fully saturated rings. The third-order valence-electron chi connectivity index (χ3n) is 5.06. The van der Waals surface area contributed by atoms with E-state index in [1.165, 1.54) is 0 Å². The van der Waals surface area contributed by atoms with Gasteiger partial charge in [0.05, 0.1) is 5.56 Å². The molecule has 1 N–H and O–H groups in total. The van der Waals surface area contributed by atoms with Crippen LogP contribution in [0.5, 0.6) is 0 Å². The second-order valence-electron chi connectivity index (χ2n) is 6.70. The van der Waals surface area contributed by atoms with Gasteiger partial charge in [-0.3, -0.25) is 4.79 Å². The Bertz CT molecular complexity index is 708. The topological polar surface area (TPSA) is 50.2 Å². The lowest BCUT2D eigenvalue weighted by molar-refractivity contribution is 0.0945. The number of piperidine rings is 1. The highest BCUT2D eigenvalue weighted by Gasteiger charge is 2.22.